The molecule has 11 N–H and O–H groups in total. The van der Waals surface area contributed by atoms with Crippen molar-refractivity contribution in [3.05, 3.63) is 202 Å². The molecule has 36 heteroatoms. The van der Waals surface area contributed by atoms with Gasteiger partial charge in [-0.05, 0) is 179 Å². The monoisotopic (exact) mass is 1680 g/mol. The Hall–Kier alpha value is -14.4. The van der Waals surface area contributed by atoms with Crippen molar-refractivity contribution in [1.82, 2.24) is 64.0 Å². The van der Waals surface area contributed by atoms with E-state index in [0.29, 0.717) is 183 Å². The molecule has 0 saturated carbocycles. The third-order valence-corrected chi connectivity index (χ3v) is 22.9. The third-order valence-electron chi connectivity index (χ3n) is 20.1. The summed E-state index contributed by atoms with van der Waals surface area (Å²) in [5, 5.41) is 58.3. The van der Waals surface area contributed by atoms with E-state index >= 15 is 0 Å². The molecule has 0 amide bonds. The SMILES string of the molecule is CC(C)N(CCCn1c(Sc2cc3c(cc2-c2ccn[nH]2)OCO3)nc2c(N)ncnc21)C(=S)Nc1ccc(-c2c3ccc(=O)cc-3oc3cc(O)ccc23)c(C(=O)O)c1.CC(C)N(CCCn1c(Sc2cc3c(cc2-c2ncco2)OCO3)nc2c(N)ncnc21)C(=S)Nc1ccc(-c2c3ccc(=O)cc-3oc3cc(O)ccc23)c(C(=O)O)c1. The average molecular weight is 1680 g/mol. The molecule has 0 bridgehead atoms. The van der Waals surface area contributed by atoms with E-state index in [-0.39, 0.29) is 82.3 Å². The van der Waals surface area contributed by atoms with Crippen LogP contribution in [0.15, 0.2) is 214 Å². The number of carboxylic acids is 2. The number of fused-ring (bicyclic) bond motifs is 8. The molecule has 0 atom stereocenters. The summed E-state index contributed by atoms with van der Waals surface area (Å²) in [7, 11) is 0. The molecule has 604 valence electrons. The fourth-order valence-electron chi connectivity index (χ4n) is 14.5. The molecule has 6 aromatic heterocycles. The van der Waals surface area contributed by atoms with Crippen molar-refractivity contribution in [2.75, 3.05) is 48.8 Å². The van der Waals surface area contributed by atoms with Gasteiger partial charge in [0.1, 0.15) is 53.1 Å². The van der Waals surface area contributed by atoms with Crippen LogP contribution in [0.25, 0.3) is 112 Å². The van der Waals surface area contributed by atoms with Crippen LogP contribution in [0.5, 0.6) is 34.5 Å². The summed E-state index contributed by atoms with van der Waals surface area (Å²) in [5.74, 6) is 1.49. The highest BCUT2D eigenvalue weighted by atomic mass is 32.2. The Labute approximate surface area is 698 Å². The summed E-state index contributed by atoms with van der Waals surface area (Å²) in [5.41, 5.74) is 21.0. The van der Waals surface area contributed by atoms with Gasteiger partial charge in [0.2, 0.25) is 19.5 Å². The van der Waals surface area contributed by atoms with Crippen LogP contribution in [-0.2, 0) is 13.1 Å². The predicted molar refractivity (Wildman–Crippen MR) is 458 cm³/mol. The Bertz CT molecular complexity index is 6410. The molecule has 0 radical (unpaired) electrons. The summed E-state index contributed by atoms with van der Waals surface area (Å²) in [4.78, 5) is 87.5. The molecule has 32 nitrogen and oxygen atoms in total. The number of imidazole rings is 2. The minimum Gasteiger partial charge on any atom is -0.508 e. The Morgan fingerprint density at radius 2 is 1.00 bits per heavy atom. The molecule has 120 heavy (non-hydrogen) atoms. The van der Waals surface area contributed by atoms with Gasteiger partial charge in [-0.1, -0.05) is 35.7 Å². The predicted octanol–water partition coefficient (Wildman–Crippen LogP) is 15.2. The number of ether oxygens (including phenoxy) is 4. The van der Waals surface area contributed by atoms with Gasteiger partial charge in [0.15, 0.2) is 88.4 Å². The lowest BCUT2D eigenvalue weighted by Crippen LogP contribution is -2.40. The number of aromatic amines is 1. The molecule has 0 spiro atoms. The lowest BCUT2D eigenvalue weighted by Gasteiger charge is -2.30. The zero-order chi connectivity index (χ0) is 83.3. The number of phenols is 2. The zero-order valence-electron chi connectivity index (χ0n) is 63.9. The summed E-state index contributed by atoms with van der Waals surface area (Å²) < 4.78 is 44.3. The van der Waals surface area contributed by atoms with Crippen LogP contribution in [0.3, 0.4) is 0 Å². The molecular weight excluding hydrogens is 1620 g/mol. The number of phenolic OH excluding ortho intramolecular Hbond substituents is 2. The van der Waals surface area contributed by atoms with Crippen LogP contribution >= 0.6 is 48.0 Å². The largest absolute Gasteiger partial charge is 0.508 e. The van der Waals surface area contributed by atoms with Gasteiger partial charge < -0.3 is 93.7 Å². The van der Waals surface area contributed by atoms with E-state index in [2.05, 4.69) is 45.8 Å². The molecule has 4 aliphatic heterocycles. The van der Waals surface area contributed by atoms with Crippen LogP contribution in [0.2, 0.25) is 0 Å². The Kier molecular flexibility index (Phi) is 21.2. The molecule has 18 rings (SSSR count). The number of carbonyl (C=O) groups is 2. The van der Waals surface area contributed by atoms with E-state index < -0.39 is 11.9 Å². The van der Waals surface area contributed by atoms with E-state index in [0.717, 1.165) is 21.0 Å². The second-order valence-electron chi connectivity index (χ2n) is 28.3. The highest BCUT2D eigenvalue weighted by molar-refractivity contribution is 7.99. The summed E-state index contributed by atoms with van der Waals surface area (Å²) in [6.45, 7) is 10.4. The van der Waals surface area contributed by atoms with Gasteiger partial charge in [-0.3, -0.25) is 14.7 Å². The number of carboxylic acid groups (broad SMARTS) is 2. The van der Waals surface area contributed by atoms with E-state index in [9.17, 15) is 39.6 Å². The topological polar surface area (TPSA) is 437 Å². The molecule has 10 heterocycles. The average Bonchev–Trinajstić information content (AvgIpc) is 1.15. The zero-order valence-corrected chi connectivity index (χ0v) is 67.2. The van der Waals surface area contributed by atoms with Crippen molar-refractivity contribution in [3.63, 3.8) is 0 Å². The normalized spacial score (nSPS) is 12.2. The van der Waals surface area contributed by atoms with Gasteiger partial charge in [0, 0.05) is 128 Å². The van der Waals surface area contributed by atoms with Crippen LogP contribution in [0.1, 0.15) is 61.3 Å². The van der Waals surface area contributed by atoms with Crippen molar-refractivity contribution in [2.24, 2.45) is 0 Å². The third kappa shape index (κ3) is 15.5. The second-order valence-corrected chi connectivity index (χ2v) is 31.1. The van der Waals surface area contributed by atoms with Crippen LogP contribution < -0.4 is 51.9 Å². The standard InChI is InChI=1S/C42H35N9O7S2.C42H34N8O8S2/c1-21(2)50(41(59)47-22-4-7-25(28(14-22)40(54)55)36-26-8-5-23(52)15-31(26)58-32-16-24(53)6-9-27(32)36)12-3-13-51-39-37(38(43)44-19-45-39)48-42(51)60-35-18-34-33(56-20-57-34)17-29(35)30-10-11-46-49-30;1-21(2)49(41(59)47-22-4-7-25(28(14-22)40(53)54)35-26-8-5-23(51)15-30(26)58-31-16-24(52)6-9-27(31)35)11-3-12-50-38-36(37(43)45-19-46-38)48-42(50)60-34-18-33-32(56-20-57-33)17-29(34)39-44-10-13-55-39/h4-11,14-19,21,52H,3,12-13,20H2,1-2H3,(H,46,49)(H,47,59)(H,54,55)(H2,43,44,45);4-10,13-19,21,51H,3,11-12,20H2,1-2H3,(H,47,59)(H,53,54)(H2,43,45,46). The van der Waals surface area contributed by atoms with Gasteiger partial charge in [-0.2, -0.15) is 5.10 Å². The first-order chi connectivity index (χ1) is 58.0. The van der Waals surface area contributed by atoms with Crippen LogP contribution in [0.4, 0.5) is 23.0 Å². The fraction of sp³-hybridized carbons (Fsp3) is 0.167. The molecule has 2 aliphatic carbocycles. The summed E-state index contributed by atoms with van der Waals surface area (Å²) in [6.07, 6.45) is 8.82. The smallest absolute Gasteiger partial charge is 0.336 e. The number of hydrogen-bond acceptors (Lipinski definition) is 27. The maximum atomic E-state index is 12.9. The van der Waals surface area contributed by atoms with Crippen LogP contribution in [0, 0.1) is 0 Å². The molecule has 6 aromatic carbocycles. The number of aromatic hydroxyl groups is 2. The highest BCUT2D eigenvalue weighted by Crippen LogP contribution is 2.49. The number of anilines is 4. The number of aromatic nitrogens is 11. The maximum absolute atomic E-state index is 12.9. The van der Waals surface area contributed by atoms with Crippen LogP contribution in [-0.4, -0.2) is 145 Å². The van der Waals surface area contributed by atoms with Gasteiger partial charge in [-0.25, -0.2) is 44.5 Å². The number of oxazole rings is 1. The maximum Gasteiger partial charge on any atom is 0.336 e. The molecule has 0 saturated heterocycles. The molecule has 12 aromatic rings. The van der Waals surface area contributed by atoms with Crippen molar-refractivity contribution in [3.8, 4) is 102 Å². The number of nitrogens with one attached hydrogen (secondary N) is 3. The lowest BCUT2D eigenvalue weighted by molar-refractivity contribution is 0.0687. The lowest BCUT2D eigenvalue weighted by atomic mass is 9.90. The van der Waals surface area contributed by atoms with E-state index in [4.69, 9.17) is 78.1 Å². The van der Waals surface area contributed by atoms with Gasteiger partial charge >= 0.3 is 11.9 Å². The number of nitrogen functional groups attached to an aromatic ring is 2. The number of rotatable bonds is 22. The Morgan fingerprint density at radius 1 is 0.542 bits per heavy atom. The number of aryl methyl sites for hydroxylation is 2. The minimum absolute atomic E-state index is 0.00121. The van der Waals surface area contributed by atoms with Gasteiger partial charge in [0.05, 0.1) is 28.6 Å². The number of aromatic carboxylic acids is 2. The van der Waals surface area contributed by atoms with Crippen molar-refractivity contribution in [1.29, 1.82) is 0 Å². The number of H-pyrrole nitrogens is 1. The Balaban J connectivity index is 0.000000171. The van der Waals surface area contributed by atoms with Crippen molar-refractivity contribution in [2.45, 2.75) is 85.8 Å². The van der Waals surface area contributed by atoms with Crippen molar-refractivity contribution >= 4 is 137 Å². The molecular formula is C84H69N17O15S4. The number of nitrogens with two attached hydrogens (primary N) is 2. The van der Waals surface area contributed by atoms with E-state index in [1.54, 1.807) is 60.9 Å². The first-order valence-electron chi connectivity index (χ1n) is 37.4. The molecule has 0 unspecified atom stereocenters. The summed E-state index contributed by atoms with van der Waals surface area (Å²) in [6, 6.07) is 37.2. The van der Waals surface area contributed by atoms with Gasteiger partial charge in [-0.15, -0.1) is 0 Å². The second kappa shape index (κ2) is 32.6. The molecule has 0 fully saturated rings. The quantitative estimate of drug-likeness (QED) is 0.0225. The van der Waals surface area contributed by atoms with Crippen molar-refractivity contribution < 1.29 is 62.2 Å². The van der Waals surface area contributed by atoms with E-state index in [1.807, 2.05) is 77.0 Å². The fourth-order valence-corrected chi connectivity index (χ4v) is 17.4. The highest BCUT2D eigenvalue weighted by Gasteiger charge is 2.30. The van der Waals surface area contributed by atoms with E-state index in [1.165, 1.54) is 103 Å². The first-order valence-corrected chi connectivity index (χ1v) is 39.9. The first kappa shape index (κ1) is 78.2. The minimum atomic E-state index is -1.17. The number of benzene rings is 8. The number of nitrogens with zero attached hydrogens (tertiary/aromatic N) is 12. The number of hydrogen-bond donors (Lipinski definition) is 9. The molecule has 6 aliphatic rings. The number of thiocarbonyl (C=S) groups is 2. The summed E-state index contributed by atoms with van der Waals surface area (Å²) >= 11 is 14.7. The Morgan fingerprint density at radius 3 is 1.44 bits per heavy atom. The van der Waals surface area contributed by atoms with Gasteiger partial charge in [0.25, 0.3) is 0 Å².